The Morgan fingerprint density at radius 3 is 2.43 bits per heavy atom. The van der Waals surface area contributed by atoms with Crippen LogP contribution in [0.15, 0.2) is 77.7 Å². The maximum Gasteiger partial charge on any atom is 0.308 e. The maximum atomic E-state index is 14.2. The number of amidine groups is 1. The number of nitrogens with zero attached hydrogens (tertiary/aromatic N) is 4. The average molecular weight is 660 g/mol. The highest BCUT2D eigenvalue weighted by Gasteiger charge is 2.32. The van der Waals surface area contributed by atoms with Crippen molar-refractivity contribution < 1.29 is 22.7 Å². The number of nitrogen functional groups attached to an aromatic ring is 1. The zero-order valence-corrected chi connectivity index (χ0v) is 27.4. The summed E-state index contributed by atoms with van der Waals surface area (Å²) in [4.78, 5) is 32.7. The number of rotatable bonds is 13. The summed E-state index contributed by atoms with van der Waals surface area (Å²) in [6.45, 7) is 2.97. The lowest BCUT2D eigenvalue weighted by Crippen LogP contribution is -2.46. The summed E-state index contributed by atoms with van der Waals surface area (Å²) < 4.78 is 36.6. The van der Waals surface area contributed by atoms with Gasteiger partial charge in [-0.25, -0.2) is 13.4 Å². The van der Waals surface area contributed by atoms with E-state index in [1.165, 1.54) is 4.31 Å². The van der Waals surface area contributed by atoms with Crippen molar-refractivity contribution in [1.29, 1.82) is 5.41 Å². The molecule has 1 saturated heterocycles. The van der Waals surface area contributed by atoms with Gasteiger partial charge in [0.05, 0.1) is 34.6 Å². The Bertz CT molecular complexity index is 1860. The first-order valence-electron chi connectivity index (χ1n) is 15.7. The van der Waals surface area contributed by atoms with Crippen molar-refractivity contribution >= 4 is 44.5 Å². The van der Waals surface area contributed by atoms with E-state index in [0.29, 0.717) is 28.1 Å². The fourth-order valence-corrected chi connectivity index (χ4v) is 7.59. The predicted molar refractivity (Wildman–Crippen MR) is 181 cm³/mol. The van der Waals surface area contributed by atoms with E-state index in [1.54, 1.807) is 72.2 Å². The van der Waals surface area contributed by atoms with Gasteiger partial charge in [-0.05, 0) is 69.3 Å². The summed E-state index contributed by atoms with van der Waals surface area (Å²) in [6.07, 6.45) is 2.91. The molecule has 0 saturated carbocycles. The molecule has 4 aromatic rings. The van der Waals surface area contributed by atoms with Gasteiger partial charge in [0.2, 0.25) is 5.91 Å². The fourth-order valence-electron chi connectivity index (χ4n) is 6.07. The van der Waals surface area contributed by atoms with Gasteiger partial charge in [-0.15, -0.1) is 0 Å². The first kappa shape index (κ1) is 33.6. The van der Waals surface area contributed by atoms with Crippen LogP contribution in [0, 0.1) is 5.41 Å². The van der Waals surface area contributed by atoms with Crippen LogP contribution in [0.25, 0.3) is 11.0 Å². The van der Waals surface area contributed by atoms with Crippen molar-refractivity contribution in [1.82, 2.24) is 14.5 Å². The van der Waals surface area contributed by atoms with Crippen LogP contribution in [0.2, 0.25) is 0 Å². The van der Waals surface area contributed by atoms with Gasteiger partial charge in [-0.2, -0.15) is 0 Å². The molecule has 2 atom stereocenters. The molecule has 1 aliphatic rings. The Morgan fingerprint density at radius 1 is 1.06 bits per heavy atom. The van der Waals surface area contributed by atoms with Gasteiger partial charge in [0.1, 0.15) is 17.7 Å². The molecule has 2 unspecified atom stereocenters. The normalized spacial score (nSPS) is 16.1. The first-order chi connectivity index (χ1) is 22.5. The van der Waals surface area contributed by atoms with Crippen molar-refractivity contribution in [3.05, 3.63) is 89.7 Å². The van der Waals surface area contributed by atoms with Crippen molar-refractivity contribution in [2.24, 2.45) is 11.5 Å². The molecule has 0 spiro atoms. The van der Waals surface area contributed by atoms with Gasteiger partial charge >= 0.3 is 5.97 Å². The van der Waals surface area contributed by atoms with Crippen LogP contribution in [-0.4, -0.2) is 73.4 Å². The van der Waals surface area contributed by atoms with Crippen molar-refractivity contribution in [3.63, 3.8) is 0 Å². The lowest BCUT2D eigenvalue weighted by atomic mass is 10.0. The van der Waals surface area contributed by atoms with E-state index in [0.717, 1.165) is 31.4 Å². The molecule has 1 aromatic heterocycles. The van der Waals surface area contributed by atoms with Gasteiger partial charge in [0.15, 0.2) is 0 Å². The number of nitrogens with one attached hydrogen (secondary N) is 1. The van der Waals surface area contributed by atoms with Crippen molar-refractivity contribution in [3.8, 4) is 0 Å². The molecule has 5 rings (SSSR count). The average Bonchev–Trinajstić information content (AvgIpc) is 3.40. The number of carbonyl (C=O) groups excluding carboxylic acids is 2. The predicted octanol–water partition coefficient (Wildman–Crippen LogP) is 3.57. The number of fused-ring (bicyclic) bond motifs is 1. The van der Waals surface area contributed by atoms with Gasteiger partial charge in [-0.3, -0.25) is 19.3 Å². The molecular formula is C34H41N7O5S. The van der Waals surface area contributed by atoms with Crippen LogP contribution in [0.3, 0.4) is 0 Å². The Hall–Kier alpha value is -4.75. The molecule has 5 N–H and O–H groups in total. The minimum atomic E-state index is -3.95. The number of benzene rings is 3. The molecule has 0 radical (unpaired) electrons. The van der Waals surface area contributed by atoms with E-state index in [1.807, 2.05) is 19.2 Å². The number of imidazole rings is 1. The molecular weight excluding hydrogens is 618 g/mol. The lowest BCUT2D eigenvalue weighted by molar-refractivity contribution is -0.145. The zero-order valence-electron chi connectivity index (χ0n) is 26.6. The number of hydrogen-bond acceptors (Lipinski definition) is 8. The van der Waals surface area contributed by atoms with Gasteiger partial charge in [0, 0.05) is 24.6 Å². The zero-order chi connectivity index (χ0) is 33.7. The van der Waals surface area contributed by atoms with Crippen LogP contribution < -0.4 is 15.8 Å². The topological polar surface area (TPSA) is 178 Å². The standard InChI is InChI=1S/C34H41N7O5S/c1-3-46-32(42)21-30(34(37)43)41-29-17-16-25(20-28(29)38-31(41)19-23-12-14-24(15-13-23)33(35)36)40(22-26-9-7-8-18-39(26)2)47(44,45)27-10-5-4-6-11-27/h4-6,10-17,20,26,30H,3,7-9,18-19,21-22H2,1-2H3,(H3,35,36)(H2,37,43). The summed E-state index contributed by atoms with van der Waals surface area (Å²) in [5.74, 6) is -0.925. The largest absolute Gasteiger partial charge is 0.466 e. The first-order valence-corrected chi connectivity index (χ1v) is 17.1. The second-order valence-corrected chi connectivity index (χ2v) is 13.6. The minimum absolute atomic E-state index is 0.0212. The number of esters is 1. The number of sulfonamides is 1. The number of ether oxygens (including phenoxy) is 1. The minimum Gasteiger partial charge on any atom is -0.466 e. The fraction of sp³-hybridized carbons (Fsp3) is 0.353. The van der Waals surface area contributed by atoms with Crippen molar-refractivity contribution in [2.75, 3.05) is 31.0 Å². The highest BCUT2D eigenvalue weighted by Crippen LogP contribution is 2.32. The summed E-state index contributed by atoms with van der Waals surface area (Å²) in [5.41, 5.74) is 14.3. The van der Waals surface area contributed by atoms with Crippen LogP contribution in [0.4, 0.5) is 5.69 Å². The van der Waals surface area contributed by atoms with E-state index < -0.39 is 27.9 Å². The highest BCUT2D eigenvalue weighted by atomic mass is 32.2. The highest BCUT2D eigenvalue weighted by molar-refractivity contribution is 7.92. The molecule has 47 heavy (non-hydrogen) atoms. The quantitative estimate of drug-likeness (QED) is 0.111. The molecule has 1 aliphatic heterocycles. The summed E-state index contributed by atoms with van der Waals surface area (Å²) in [7, 11) is -1.93. The number of anilines is 1. The Labute approximate surface area is 274 Å². The SMILES string of the molecule is CCOC(=O)CC(C(N)=O)n1c(Cc2ccc(C(=N)N)cc2)nc2cc(N(CC3CCCCN3C)S(=O)(=O)c3ccccc3)ccc21. The van der Waals surface area contributed by atoms with Gasteiger partial charge in [-0.1, -0.05) is 48.9 Å². The monoisotopic (exact) mass is 659 g/mol. The van der Waals surface area contributed by atoms with E-state index in [9.17, 15) is 18.0 Å². The Kier molecular flexibility index (Phi) is 10.3. The molecule has 248 valence electrons. The molecule has 2 heterocycles. The third-order valence-corrected chi connectivity index (χ3v) is 10.4. The molecule has 1 fully saturated rings. The van der Waals surface area contributed by atoms with Crippen LogP contribution in [0.1, 0.15) is 55.6 Å². The number of likely N-dealkylation sites (N-methyl/N-ethyl adjacent to an activating group) is 1. The Balaban J connectivity index is 1.63. The van der Waals surface area contributed by atoms with Crippen LogP contribution >= 0.6 is 0 Å². The van der Waals surface area contributed by atoms with E-state index in [4.69, 9.17) is 26.6 Å². The molecule has 3 aromatic carbocycles. The Morgan fingerprint density at radius 2 is 1.79 bits per heavy atom. The summed E-state index contributed by atoms with van der Waals surface area (Å²) in [5, 5.41) is 7.70. The smallest absolute Gasteiger partial charge is 0.308 e. The molecule has 0 aliphatic carbocycles. The van der Waals surface area contributed by atoms with Gasteiger partial charge < -0.3 is 25.7 Å². The van der Waals surface area contributed by atoms with Crippen molar-refractivity contribution in [2.45, 2.75) is 56.0 Å². The molecule has 0 bridgehead atoms. The van der Waals surface area contributed by atoms with E-state index in [2.05, 4.69) is 4.90 Å². The molecule has 13 heteroatoms. The third kappa shape index (κ3) is 7.47. The third-order valence-electron chi connectivity index (χ3n) is 8.60. The lowest BCUT2D eigenvalue weighted by Gasteiger charge is -2.36. The van der Waals surface area contributed by atoms with Gasteiger partial charge in [0.25, 0.3) is 10.0 Å². The number of nitrogens with two attached hydrogens (primary N) is 2. The number of piperidine rings is 1. The van der Waals surface area contributed by atoms with E-state index >= 15 is 0 Å². The summed E-state index contributed by atoms with van der Waals surface area (Å²) in [6, 6.07) is 19.5. The molecule has 12 nitrogen and oxygen atoms in total. The number of hydrogen-bond donors (Lipinski definition) is 3. The van der Waals surface area contributed by atoms with Crippen LogP contribution in [-0.2, 0) is 30.8 Å². The number of amides is 1. The number of carbonyl (C=O) groups is 2. The molecule has 1 amide bonds. The number of primary amides is 1. The van der Waals surface area contributed by atoms with Crippen LogP contribution in [0.5, 0.6) is 0 Å². The number of likely N-dealkylation sites (tertiary alicyclic amines) is 1. The second-order valence-electron chi connectivity index (χ2n) is 11.8. The summed E-state index contributed by atoms with van der Waals surface area (Å²) >= 11 is 0. The second kappa shape index (κ2) is 14.3. The maximum absolute atomic E-state index is 14.2. The van der Waals surface area contributed by atoms with E-state index in [-0.39, 0.29) is 42.8 Å². The number of aromatic nitrogens is 2.